The quantitative estimate of drug-likeness (QED) is 0.663. The largest absolute Gasteiger partial charge is 0.497 e. The summed E-state index contributed by atoms with van der Waals surface area (Å²) in [5.41, 5.74) is 2.52. The van der Waals surface area contributed by atoms with E-state index >= 15 is 0 Å². The minimum Gasteiger partial charge on any atom is -0.497 e. The van der Waals surface area contributed by atoms with Gasteiger partial charge in [-0.2, -0.15) is 0 Å². The molecule has 0 amide bonds. The third kappa shape index (κ3) is 2.65. The van der Waals surface area contributed by atoms with Crippen LogP contribution in [0, 0.1) is 6.92 Å². The standard InChI is InChI=1S/C19H16O2/c1-13-4-3-5-16(10-13)19(20)17-7-6-15-12-18(21-2)9-8-14(15)11-17/h3-12H,1-2H3. The predicted molar refractivity (Wildman–Crippen MR) is 85.1 cm³/mol. The van der Waals surface area contributed by atoms with Crippen molar-refractivity contribution in [1.82, 2.24) is 0 Å². The highest BCUT2D eigenvalue weighted by atomic mass is 16.5. The molecule has 3 rings (SSSR count). The first-order valence-corrected chi connectivity index (χ1v) is 6.86. The Hall–Kier alpha value is -2.61. The van der Waals surface area contributed by atoms with Crippen molar-refractivity contribution in [1.29, 1.82) is 0 Å². The van der Waals surface area contributed by atoms with E-state index < -0.39 is 0 Å². The van der Waals surface area contributed by atoms with Gasteiger partial charge in [0.1, 0.15) is 5.75 Å². The number of rotatable bonds is 3. The minimum atomic E-state index is 0.0522. The summed E-state index contributed by atoms with van der Waals surface area (Å²) in [6.07, 6.45) is 0. The first kappa shape index (κ1) is 13.4. The topological polar surface area (TPSA) is 26.3 Å². The number of carbonyl (C=O) groups is 1. The van der Waals surface area contributed by atoms with Crippen molar-refractivity contribution in [2.75, 3.05) is 7.11 Å². The van der Waals surface area contributed by atoms with E-state index in [1.807, 2.05) is 67.6 Å². The van der Waals surface area contributed by atoms with Gasteiger partial charge in [-0.3, -0.25) is 4.79 Å². The Bertz CT molecular complexity index is 819. The zero-order valence-corrected chi connectivity index (χ0v) is 12.1. The fourth-order valence-corrected chi connectivity index (χ4v) is 2.45. The van der Waals surface area contributed by atoms with Crippen LogP contribution in [0.15, 0.2) is 60.7 Å². The van der Waals surface area contributed by atoms with Gasteiger partial charge in [-0.1, -0.05) is 42.0 Å². The van der Waals surface area contributed by atoms with Gasteiger partial charge >= 0.3 is 0 Å². The van der Waals surface area contributed by atoms with Crippen LogP contribution < -0.4 is 4.74 Å². The number of carbonyl (C=O) groups excluding carboxylic acids is 1. The van der Waals surface area contributed by atoms with E-state index in [2.05, 4.69) is 0 Å². The molecule has 0 fully saturated rings. The molecule has 104 valence electrons. The number of hydrogen-bond acceptors (Lipinski definition) is 2. The summed E-state index contributed by atoms with van der Waals surface area (Å²) in [6, 6.07) is 19.3. The Labute approximate surface area is 124 Å². The second-order valence-corrected chi connectivity index (χ2v) is 5.13. The van der Waals surface area contributed by atoms with Crippen LogP contribution >= 0.6 is 0 Å². The molecule has 0 radical (unpaired) electrons. The molecule has 0 heterocycles. The van der Waals surface area contributed by atoms with Crippen LogP contribution in [0.25, 0.3) is 10.8 Å². The summed E-state index contributed by atoms with van der Waals surface area (Å²) < 4.78 is 5.22. The number of methoxy groups -OCH3 is 1. The van der Waals surface area contributed by atoms with E-state index in [-0.39, 0.29) is 5.78 Å². The fraction of sp³-hybridized carbons (Fsp3) is 0.105. The number of fused-ring (bicyclic) bond motifs is 1. The first-order valence-electron chi connectivity index (χ1n) is 6.86. The summed E-state index contributed by atoms with van der Waals surface area (Å²) >= 11 is 0. The van der Waals surface area contributed by atoms with Gasteiger partial charge in [-0.05, 0) is 42.0 Å². The van der Waals surface area contributed by atoms with E-state index in [4.69, 9.17) is 4.74 Å². The molecule has 0 aliphatic heterocycles. The molecule has 2 heteroatoms. The van der Waals surface area contributed by atoms with E-state index in [0.717, 1.165) is 27.6 Å². The average Bonchev–Trinajstić information content (AvgIpc) is 2.53. The van der Waals surface area contributed by atoms with Crippen molar-refractivity contribution >= 4 is 16.6 Å². The van der Waals surface area contributed by atoms with Gasteiger partial charge in [-0.15, -0.1) is 0 Å². The molecular formula is C19H16O2. The molecule has 0 bridgehead atoms. The van der Waals surface area contributed by atoms with E-state index in [0.29, 0.717) is 5.56 Å². The fourth-order valence-electron chi connectivity index (χ4n) is 2.45. The van der Waals surface area contributed by atoms with Gasteiger partial charge in [0.15, 0.2) is 5.78 Å². The van der Waals surface area contributed by atoms with Crippen molar-refractivity contribution in [3.63, 3.8) is 0 Å². The van der Waals surface area contributed by atoms with Gasteiger partial charge in [-0.25, -0.2) is 0 Å². The lowest BCUT2D eigenvalue weighted by Gasteiger charge is -2.06. The average molecular weight is 276 g/mol. The monoisotopic (exact) mass is 276 g/mol. The molecular weight excluding hydrogens is 260 g/mol. The SMILES string of the molecule is COc1ccc2cc(C(=O)c3cccc(C)c3)ccc2c1. The second kappa shape index (κ2) is 5.41. The second-order valence-electron chi connectivity index (χ2n) is 5.13. The number of aryl methyl sites for hydroxylation is 1. The van der Waals surface area contributed by atoms with Crippen molar-refractivity contribution in [2.45, 2.75) is 6.92 Å². The molecule has 0 unspecified atom stereocenters. The highest BCUT2D eigenvalue weighted by Crippen LogP contribution is 2.23. The van der Waals surface area contributed by atoms with Gasteiger partial charge in [0.2, 0.25) is 0 Å². The number of ketones is 1. The summed E-state index contributed by atoms with van der Waals surface area (Å²) in [4.78, 5) is 12.5. The van der Waals surface area contributed by atoms with Gasteiger partial charge in [0.25, 0.3) is 0 Å². The van der Waals surface area contributed by atoms with Crippen LogP contribution in [0.5, 0.6) is 5.75 Å². The van der Waals surface area contributed by atoms with Crippen LogP contribution in [0.2, 0.25) is 0 Å². The molecule has 3 aromatic rings. The third-order valence-corrected chi connectivity index (χ3v) is 3.59. The van der Waals surface area contributed by atoms with Crippen LogP contribution in [-0.2, 0) is 0 Å². The van der Waals surface area contributed by atoms with Crippen LogP contribution in [0.4, 0.5) is 0 Å². The Morgan fingerprint density at radius 1 is 0.857 bits per heavy atom. The molecule has 3 aromatic carbocycles. The zero-order chi connectivity index (χ0) is 14.8. The maximum absolute atomic E-state index is 12.5. The molecule has 0 atom stereocenters. The number of ether oxygens (including phenoxy) is 1. The lowest BCUT2D eigenvalue weighted by atomic mass is 9.99. The molecule has 21 heavy (non-hydrogen) atoms. The maximum atomic E-state index is 12.5. The normalized spacial score (nSPS) is 10.6. The molecule has 2 nitrogen and oxygen atoms in total. The van der Waals surface area contributed by atoms with Gasteiger partial charge in [0.05, 0.1) is 7.11 Å². The Kier molecular flexibility index (Phi) is 3.44. The smallest absolute Gasteiger partial charge is 0.193 e. The minimum absolute atomic E-state index is 0.0522. The highest BCUT2D eigenvalue weighted by molar-refractivity contribution is 6.10. The summed E-state index contributed by atoms with van der Waals surface area (Å²) in [5.74, 6) is 0.872. The number of hydrogen-bond donors (Lipinski definition) is 0. The van der Waals surface area contributed by atoms with Gasteiger partial charge < -0.3 is 4.74 Å². The summed E-state index contributed by atoms with van der Waals surface area (Å²) in [7, 11) is 1.65. The van der Waals surface area contributed by atoms with Crippen molar-refractivity contribution in [2.24, 2.45) is 0 Å². The van der Waals surface area contributed by atoms with Crippen LogP contribution in [0.3, 0.4) is 0 Å². The number of benzene rings is 3. The lowest BCUT2D eigenvalue weighted by molar-refractivity contribution is 0.103. The van der Waals surface area contributed by atoms with Crippen LogP contribution in [0.1, 0.15) is 21.5 Å². The molecule has 0 aromatic heterocycles. The van der Waals surface area contributed by atoms with E-state index in [1.165, 1.54) is 0 Å². The van der Waals surface area contributed by atoms with E-state index in [9.17, 15) is 4.79 Å². The molecule has 0 aliphatic carbocycles. The van der Waals surface area contributed by atoms with E-state index in [1.54, 1.807) is 7.11 Å². The predicted octanol–water partition coefficient (Wildman–Crippen LogP) is 4.39. The van der Waals surface area contributed by atoms with Crippen molar-refractivity contribution in [3.05, 3.63) is 77.4 Å². The molecule has 0 N–H and O–H groups in total. The molecule has 0 saturated heterocycles. The Morgan fingerprint density at radius 2 is 1.57 bits per heavy atom. The maximum Gasteiger partial charge on any atom is 0.193 e. The molecule has 0 spiro atoms. The third-order valence-electron chi connectivity index (χ3n) is 3.59. The van der Waals surface area contributed by atoms with Crippen LogP contribution in [-0.4, -0.2) is 12.9 Å². The Balaban J connectivity index is 2.03. The Morgan fingerprint density at radius 3 is 2.33 bits per heavy atom. The van der Waals surface area contributed by atoms with Gasteiger partial charge in [0, 0.05) is 11.1 Å². The lowest BCUT2D eigenvalue weighted by Crippen LogP contribution is -2.01. The summed E-state index contributed by atoms with van der Waals surface area (Å²) in [6.45, 7) is 1.99. The molecule has 0 aliphatic rings. The molecule has 0 saturated carbocycles. The van der Waals surface area contributed by atoms with Crippen molar-refractivity contribution in [3.8, 4) is 5.75 Å². The highest BCUT2D eigenvalue weighted by Gasteiger charge is 2.09. The summed E-state index contributed by atoms with van der Waals surface area (Å²) in [5, 5.41) is 2.10. The van der Waals surface area contributed by atoms with Crippen molar-refractivity contribution < 1.29 is 9.53 Å². The first-order chi connectivity index (χ1) is 10.2. The zero-order valence-electron chi connectivity index (χ0n) is 12.1.